The van der Waals surface area contributed by atoms with Crippen LogP contribution < -0.4 is 4.74 Å². The van der Waals surface area contributed by atoms with E-state index in [1.54, 1.807) is 18.5 Å². The fraction of sp³-hybridized carbons (Fsp3) is 0.444. The Kier molecular flexibility index (Phi) is 4.40. The molecule has 2 aromatic rings. The molecule has 0 radical (unpaired) electrons. The highest BCUT2D eigenvalue weighted by Gasteiger charge is 2.44. The van der Waals surface area contributed by atoms with Gasteiger partial charge in [-0.25, -0.2) is 9.37 Å². The van der Waals surface area contributed by atoms with Crippen LogP contribution in [-0.2, 0) is 11.3 Å². The van der Waals surface area contributed by atoms with Crippen LogP contribution in [0.4, 0.5) is 4.39 Å². The van der Waals surface area contributed by atoms with Crippen LogP contribution in [0.25, 0.3) is 0 Å². The third-order valence-corrected chi connectivity index (χ3v) is 4.75. The van der Waals surface area contributed by atoms with E-state index in [9.17, 15) is 4.39 Å². The van der Waals surface area contributed by atoms with E-state index in [0.717, 1.165) is 31.5 Å². The second-order valence-corrected chi connectivity index (χ2v) is 6.26. The second kappa shape index (κ2) is 6.83. The van der Waals surface area contributed by atoms with E-state index < -0.39 is 5.82 Å². The van der Waals surface area contributed by atoms with Gasteiger partial charge in [0.15, 0.2) is 5.82 Å². The molecule has 24 heavy (non-hydrogen) atoms. The third-order valence-electron chi connectivity index (χ3n) is 4.75. The lowest BCUT2D eigenvalue weighted by molar-refractivity contribution is 0.000138. The summed E-state index contributed by atoms with van der Waals surface area (Å²) in [6, 6.07) is 7.14. The van der Waals surface area contributed by atoms with Gasteiger partial charge in [-0.1, -0.05) is 6.07 Å². The number of rotatable bonds is 4. The fourth-order valence-corrected chi connectivity index (χ4v) is 3.63. The molecule has 4 rings (SSSR count). The summed E-state index contributed by atoms with van der Waals surface area (Å²) in [5.74, 6) is -0.369. The Labute approximate surface area is 140 Å². The number of aromatic nitrogens is 2. The number of hydrogen-bond acceptors (Lipinski definition) is 5. The van der Waals surface area contributed by atoms with Crippen LogP contribution in [0.5, 0.6) is 5.88 Å². The van der Waals surface area contributed by atoms with Gasteiger partial charge in [0, 0.05) is 37.7 Å². The molecule has 2 aliphatic rings. The largest absolute Gasteiger partial charge is 0.468 e. The highest BCUT2D eigenvalue weighted by molar-refractivity contribution is 5.15. The van der Waals surface area contributed by atoms with Gasteiger partial charge in [-0.2, -0.15) is 0 Å². The third kappa shape index (κ3) is 3.12. The van der Waals surface area contributed by atoms with Gasteiger partial charge < -0.3 is 9.47 Å². The first-order valence-electron chi connectivity index (χ1n) is 8.33. The lowest BCUT2D eigenvalue weighted by atomic mass is 10.1. The minimum absolute atomic E-state index is 0.00435. The van der Waals surface area contributed by atoms with Gasteiger partial charge in [-0.15, -0.1) is 0 Å². The molecular weight excluding hydrogens is 309 g/mol. The van der Waals surface area contributed by atoms with Crippen LogP contribution >= 0.6 is 0 Å². The maximum atomic E-state index is 13.9. The van der Waals surface area contributed by atoms with E-state index in [0.29, 0.717) is 6.61 Å². The summed E-state index contributed by atoms with van der Waals surface area (Å²) in [6.07, 6.45) is 6.90. The van der Waals surface area contributed by atoms with Crippen molar-refractivity contribution < 1.29 is 13.9 Å². The topological polar surface area (TPSA) is 47.5 Å². The quantitative estimate of drug-likeness (QED) is 0.862. The van der Waals surface area contributed by atoms with E-state index in [1.807, 2.05) is 12.3 Å². The Morgan fingerprint density at radius 2 is 2.17 bits per heavy atom. The van der Waals surface area contributed by atoms with Crippen molar-refractivity contribution in [1.82, 2.24) is 14.9 Å². The molecule has 126 valence electrons. The van der Waals surface area contributed by atoms with Gasteiger partial charge in [0.2, 0.25) is 0 Å². The Morgan fingerprint density at radius 3 is 3.00 bits per heavy atom. The van der Waals surface area contributed by atoms with Gasteiger partial charge >= 0.3 is 0 Å². The molecule has 5 nitrogen and oxygen atoms in total. The molecule has 0 aromatic carbocycles. The van der Waals surface area contributed by atoms with Crippen LogP contribution in [0.1, 0.15) is 18.4 Å². The van der Waals surface area contributed by atoms with Crippen molar-refractivity contribution in [2.45, 2.75) is 37.6 Å². The molecule has 0 unspecified atom stereocenters. The zero-order valence-electron chi connectivity index (χ0n) is 13.3. The first-order chi connectivity index (χ1) is 11.8. The molecule has 2 aromatic heterocycles. The highest BCUT2D eigenvalue weighted by atomic mass is 19.1. The Hall–Kier alpha value is -2.05. The molecule has 3 atom stereocenters. The molecule has 0 N–H and O–H groups in total. The van der Waals surface area contributed by atoms with E-state index in [4.69, 9.17) is 9.47 Å². The Bertz CT molecular complexity index is 685. The molecule has 2 bridgehead atoms. The van der Waals surface area contributed by atoms with Crippen LogP contribution in [0.2, 0.25) is 0 Å². The zero-order chi connectivity index (χ0) is 16.4. The molecule has 2 fully saturated rings. The first kappa shape index (κ1) is 15.5. The average molecular weight is 329 g/mol. The summed E-state index contributed by atoms with van der Waals surface area (Å²) in [5, 5.41) is 0. The van der Waals surface area contributed by atoms with Crippen molar-refractivity contribution in [2.24, 2.45) is 0 Å². The summed E-state index contributed by atoms with van der Waals surface area (Å²) < 4.78 is 25.8. The van der Waals surface area contributed by atoms with Gasteiger partial charge in [0.1, 0.15) is 6.10 Å². The summed E-state index contributed by atoms with van der Waals surface area (Å²) in [4.78, 5) is 10.6. The molecule has 0 amide bonds. The summed E-state index contributed by atoms with van der Waals surface area (Å²) in [6.45, 7) is 2.28. The molecule has 6 heteroatoms. The molecule has 1 saturated heterocycles. The van der Waals surface area contributed by atoms with Crippen molar-refractivity contribution in [1.29, 1.82) is 0 Å². The maximum absolute atomic E-state index is 13.9. The van der Waals surface area contributed by atoms with Crippen molar-refractivity contribution in [3.63, 3.8) is 0 Å². The normalized spacial score (nSPS) is 27.0. The number of halogens is 1. The first-order valence-corrected chi connectivity index (χ1v) is 8.33. The van der Waals surface area contributed by atoms with Gasteiger partial charge in [-0.3, -0.25) is 9.88 Å². The van der Waals surface area contributed by atoms with Crippen LogP contribution in [-0.4, -0.2) is 46.3 Å². The Morgan fingerprint density at radius 1 is 1.25 bits per heavy atom. The minimum Gasteiger partial charge on any atom is -0.468 e. The van der Waals surface area contributed by atoms with Crippen molar-refractivity contribution in [3.8, 4) is 5.88 Å². The van der Waals surface area contributed by atoms with E-state index >= 15 is 0 Å². The van der Waals surface area contributed by atoms with Crippen LogP contribution in [0.15, 0.2) is 42.9 Å². The second-order valence-electron chi connectivity index (χ2n) is 6.26. The van der Waals surface area contributed by atoms with Gasteiger partial charge in [0.25, 0.3) is 5.88 Å². The van der Waals surface area contributed by atoms with E-state index in [1.165, 1.54) is 6.07 Å². The average Bonchev–Trinajstić information content (AvgIpc) is 2.91. The van der Waals surface area contributed by atoms with E-state index in [2.05, 4.69) is 20.9 Å². The smallest absolute Gasteiger partial charge is 0.250 e. The summed E-state index contributed by atoms with van der Waals surface area (Å²) >= 11 is 0. The number of nitrogens with zero attached hydrogens (tertiary/aromatic N) is 3. The minimum atomic E-state index is -0.431. The van der Waals surface area contributed by atoms with Gasteiger partial charge in [0.05, 0.1) is 12.7 Å². The summed E-state index contributed by atoms with van der Waals surface area (Å²) in [7, 11) is 0. The molecule has 1 aliphatic heterocycles. The molecule has 1 aliphatic carbocycles. The molecular formula is C18H20FN3O2. The van der Waals surface area contributed by atoms with Crippen molar-refractivity contribution >= 4 is 0 Å². The lowest BCUT2D eigenvalue weighted by Gasteiger charge is -2.31. The highest BCUT2D eigenvalue weighted by Crippen LogP contribution is 2.33. The Balaban J connectivity index is 1.54. The van der Waals surface area contributed by atoms with Crippen LogP contribution in [0.3, 0.4) is 0 Å². The zero-order valence-corrected chi connectivity index (χ0v) is 13.3. The number of fused-ring (bicyclic) bond motifs is 2. The molecule has 3 heterocycles. The number of pyridine rings is 2. The van der Waals surface area contributed by atoms with Crippen LogP contribution in [0, 0.1) is 5.82 Å². The van der Waals surface area contributed by atoms with Gasteiger partial charge in [-0.05, 0) is 36.6 Å². The lowest BCUT2D eigenvalue weighted by Crippen LogP contribution is -2.44. The van der Waals surface area contributed by atoms with Crippen molar-refractivity contribution in [3.05, 3.63) is 54.2 Å². The SMILES string of the molecule is Fc1cccnc1O[C@H]1[C@H]2CC[C@H]1OCCN2Cc1cccnc1. The molecule has 0 spiro atoms. The predicted molar refractivity (Wildman–Crippen MR) is 86.0 cm³/mol. The molecule has 1 saturated carbocycles. The van der Waals surface area contributed by atoms with E-state index in [-0.39, 0.29) is 24.1 Å². The fourth-order valence-electron chi connectivity index (χ4n) is 3.63. The van der Waals surface area contributed by atoms with Crippen molar-refractivity contribution in [2.75, 3.05) is 13.2 Å². The standard InChI is InChI=1S/C18H20FN3O2/c19-14-4-2-8-21-18(14)24-17-15-5-6-16(17)23-10-9-22(15)12-13-3-1-7-20-11-13/h1-4,7-8,11,15-17H,5-6,9-10,12H2/t15-,16-,17+/m1/s1. The number of ether oxygens (including phenoxy) is 2. The maximum Gasteiger partial charge on any atom is 0.250 e. The summed E-state index contributed by atoms with van der Waals surface area (Å²) in [5.41, 5.74) is 1.16. The predicted octanol–water partition coefficient (Wildman–Crippen LogP) is 2.43. The number of hydrogen-bond donors (Lipinski definition) is 0. The monoisotopic (exact) mass is 329 g/mol.